The number of hydrogen-bond donors (Lipinski definition) is 1. The lowest BCUT2D eigenvalue weighted by Crippen LogP contribution is -2.15. The molecule has 0 spiro atoms. The summed E-state index contributed by atoms with van der Waals surface area (Å²) in [5.41, 5.74) is 1.58. The van der Waals surface area contributed by atoms with Gasteiger partial charge in [0.1, 0.15) is 0 Å². The quantitative estimate of drug-likeness (QED) is 0.743. The second kappa shape index (κ2) is 8.20. The Morgan fingerprint density at radius 3 is 2.74 bits per heavy atom. The third-order valence-electron chi connectivity index (χ3n) is 2.87. The summed E-state index contributed by atoms with van der Waals surface area (Å²) in [7, 11) is 0. The van der Waals surface area contributed by atoms with E-state index in [1.807, 2.05) is 6.07 Å². The number of carbonyl (C=O) groups is 1. The van der Waals surface area contributed by atoms with Crippen LogP contribution in [0.2, 0.25) is 0 Å². The predicted octanol–water partition coefficient (Wildman–Crippen LogP) is 4.62. The van der Waals surface area contributed by atoms with Crippen LogP contribution in [-0.2, 0) is 4.74 Å². The summed E-state index contributed by atoms with van der Waals surface area (Å²) in [6, 6.07) is 5.92. The number of esters is 1. The van der Waals surface area contributed by atoms with Crippen molar-refractivity contribution in [2.75, 3.05) is 11.9 Å². The van der Waals surface area contributed by atoms with Gasteiger partial charge in [-0.05, 0) is 54.4 Å². The van der Waals surface area contributed by atoms with Crippen LogP contribution in [0.5, 0.6) is 0 Å². The van der Waals surface area contributed by atoms with Crippen molar-refractivity contribution >= 4 is 27.6 Å². The zero-order chi connectivity index (χ0) is 14.3. The molecule has 1 atom stereocenters. The molecule has 1 aromatic carbocycles. The largest absolute Gasteiger partial charge is 0.462 e. The molecule has 0 aliphatic heterocycles. The van der Waals surface area contributed by atoms with Crippen molar-refractivity contribution in [1.82, 2.24) is 0 Å². The van der Waals surface area contributed by atoms with E-state index in [4.69, 9.17) is 4.74 Å². The fourth-order valence-corrected chi connectivity index (χ4v) is 2.31. The van der Waals surface area contributed by atoms with Crippen LogP contribution in [0, 0.1) is 0 Å². The van der Waals surface area contributed by atoms with Gasteiger partial charge < -0.3 is 10.1 Å². The standard InChI is InChI=1S/C15H22BrNO2/c1-4-6-7-11(3)17-14-9-8-12(10-13(14)16)15(18)19-5-2/h8-11,17H,4-7H2,1-3H3. The number of unbranched alkanes of at least 4 members (excludes halogenated alkanes) is 1. The fraction of sp³-hybridized carbons (Fsp3) is 0.533. The van der Waals surface area contributed by atoms with Crippen molar-refractivity contribution in [3.05, 3.63) is 28.2 Å². The smallest absolute Gasteiger partial charge is 0.338 e. The summed E-state index contributed by atoms with van der Waals surface area (Å²) in [4.78, 5) is 11.6. The molecular weight excluding hydrogens is 306 g/mol. The maximum atomic E-state index is 11.6. The molecule has 1 unspecified atom stereocenters. The van der Waals surface area contributed by atoms with Crippen molar-refractivity contribution in [3.8, 4) is 0 Å². The van der Waals surface area contributed by atoms with Gasteiger partial charge in [0.2, 0.25) is 0 Å². The van der Waals surface area contributed by atoms with Gasteiger partial charge in [-0.1, -0.05) is 19.8 Å². The molecule has 106 valence electrons. The number of nitrogens with one attached hydrogen (secondary N) is 1. The van der Waals surface area contributed by atoms with Crippen molar-refractivity contribution in [1.29, 1.82) is 0 Å². The summed E-state index contributed by atoms with van der Waals surface area (Å²) in [6.45, 7) is 6.56. The lowest BCUT2D eigenvalue weighted by Gasteiger charge is -2.16. The number of rotatable bonds is 7. The first-order chi connectivity index (χ1) is 9.08. The zero-order valence-electron chi connectivity index (χ0n) is 11.8. The second-order valence-corrected chi connectivity index (χ2v) is 5.46. The van der Waals surface area contributed by atoms with E-state index in [2.05, 4.69) is 35.1 Å². The minimum atomic E-state index is -0.284. The molecular formula is C15H22BrNO2. The Morgan fingerprint density at radius 1 is 1.42 bits per heavy atom. The molecule has 0 fully saturated rings. The third kappa shape index (κ3) is 5.23. The third-order valence-corrected chi connectivity index (χ3v) is 3.53. The molecule has 1 N–H and O–H groups in total. The van der Waals surface area contributed by atoms with Gasteiger partial charge in [0.05, 0.1) is 12.2 Å². The van der Waals surface area contributed by atoms with Crippen molar-refractivity contribution < 1.29 is 9.53 Å². The zero-order valence-corrected chi connectivity index (χ0v) is 13.4. The topological polar surface area (TPSA) is 38.3 Å². The molecule has 0 saturated carbocycles. The van der Waals surface area contributed by atoms with E-state index in [-0.39, 0.29) is 5.97 Å². The minimum Gasteiger partial charge on any atom is -0.462 e. The number of ether oxygens (including phenoxy) is 1. The Kier molecular flexibility index (Phi) is 6.92. The first kappa shape index (κ1) is 16.0. The molecule has 4 heteroatoms. The lowest BCUT2D eigenvalue weighted by atomic mass is 10.1. The van der Waals surface area contributed by atoms with Crippen molar-refractivity contribution in [2.24, 2.45) is 0 Å². The van der Waals surface area contributed by atoms with Crippen LogP contribution in [0.4, 0.5) is 5.69 Å². The van der Waals surface area contributed by atoms with E-state index < -0.39 is 0 Å². The van der Waals surface area contributed by atoms with E-state index in [0.717, 1.165) is 16.6 Å². The average Bonchev–Trinajstić information content (AvgIpc) is 2.39. The first-order valence-electron chi connectivity index (χ1n) is 6.81. The van der Waals surface area contributed by atoms with Crippen LogP contribution >= 0.6 is 15.9 Å². The Morgan fingerprint density at radius 2 is 2.16 bits per heavy atom. The van der Waals surface area contributed by atoms with Gasteiger partial charge in [0.15, 0.2) is 0 Å². The molecule has 0 amide bonds. The van der Waals surface area contributed by atoms with Gasteiger partial charge in [-0.2, -0.15) is 0 Å². The molecule has 0 saturated heterocycles. The summed E-state index contributed by atoms with van der Waals surface area (Å²) in [6.07, 6.45) is 3.56. The van der Waals surface area contributed by atoms with Gasteiger partial charge in [-0.15, -0.1) is 0 Å². The maximum Gasteiger partial charge on any atom is 0.338 e. The van der Waals surface area contributed by atoms with E-state index in [0.29, 0.717) is 18.2 Å². The van der Waals surface area contributed by atoms with E-state index in [1.165, 1.54) is 12.8 Å². The first-order valence-corrected chi connectivity index (χ1v) is 7.61. The van der Waals surface area contributed by atoms with Gasteiger partial charge in [-0.3, -0.25) is 0 Å². The number of anilines is 1. The van der Waals surface area contributed by atoms with Crippen molar-refractivity contribution in [2.45, 2.75) is 46.1 Å². The van der Waals surface area contributed by atoms with Crippen molar-refractivity contribution in [3.63, 3.8) is 0 Å². The van der Waals surface area contributed by atoms with Crippen LogP contribution in [0.3, 0.4) is 0 Å². The fourth-order valence-electron chi connectivity index (χ4n) is 1.82. The van der Waals surface area contributed by atoms with Crippen LogP contribution in [0.1, 0.15) is 50.4 Å². The molecule has 0 bridgehead atoms. The summed E-state index contributed by atoms with van der Waals surface area (Å²) in [5, 5.41) is 3.44. The summed E-state index contributed by atoms with van der Waals surface area (Å²) in [5.74, 6) is -0.284. The molecule has 0 aromatic heterocycles. The molecule has 0 aliphatic carbocycles. The molecule has 3 nitrogen and oxygen atoms in total. The molecule has 0 radical (unpaired) electrons. The highest BCUT2D eigenvalue weighted by Crippen LogP contribution is 2.25. The molecule has 0 heterocycles. The lowest BCUT2D eigenvalue weighted by molar-refractivity contribution is 0.0526. The van der Waals surface area contributed by atoms with Gasteiger partial charge >= 0.3 is 5.97 Å². The number of halogens is 1. The molecule has 19 heavy (non-hydrogen) atoms. The molecule has 1 aromatic rings. The highest BCUT2D eigenvalue weighted by molar-refractivity contribution is 9.10. The summed E-state index contributed by atoms with van der Waals surface area (Å²) >= 11 is 3.49. The highest BCUT2D eigenvalue weighted by Gasteiger charge is 2.10. The Hall–Kier alpha value is -1.03. The summed E-state index contributed by atoms with van der Waals surface area (Å²) < 4.78 is 5.87. The Balaban J connectivity index is 2.69. The van der Waals surface area contributed by atoms with Crippen LogP contribution in [0.15, 0.2) is 22.7 Å². The number of hydrogen-bond acceptors (Lipinski definition) is 3. The number of benzene rings is 1. The van der Waals surface area contributed by atoms with E-state index in [1.54, 1.807) is 19.1 Å². The normalized spacial score (nSPS) is 12.0. The minimum absolute atomic E-state index is 0.284. The Labute approximate surface area is 123 Å². The second-order valence-electron chi connectivity index (χ2n) is 4.60. The van der Waals surface area contributed by atoms with Crippen LogP contribution in [-0.4, -0.2) is 18.6 Å². The van der Waals surface area contributed by atoms with Crippen LogP contribution in [0.25, 0.3) is 0 Å². The molecule has 0 aliphatic rings. The monoisotopic (exact) mass is 327 g/mol. The highest BCUT2D eigenvalue weighted by atomic mass is 79.9. The Bertz CT molecular complexity index is 421. The van der Waals surface area contributed by atoms with Gasteiger partial charge in [-0.25, -0.2) is 4.79 Å². The van der Waals surface area contributed by atoms with Gasteiger partial charge in [0.25, 0.3) is 0 Å². The van der Waals surface area contributed by atoms with Gasteiger partial charge in [0, 0.05) is 16.2 Å². The SMILES string of the molecule is CCCCC(C)Nc1ccc(C(=O)OCC)cc1Br. The predicted molar refractivity (Wildman–Crippen MR) is 82.7 cm³/mol. The van der Waals surface area contributed by atoms with E-state index >= 15 is 0 Å². The number of carbonyl (C=O) groups excluding carboxylic acids is 1. The van der Waals surface area contributed by atoms with E-state index in [9.17, 15) is 4.79 Å². The average molecular weight is 328 g/mol. The van der Waals surface area contributed by atoms with Crippen LogP contribution < -0.4 is 5.32 Å². The molecule has 1 rings (SSSR count). The maximum absolute atomic E-state index is 11.6.